The van der Waals surface area contributed by atoms with E-state index >= 15 is 0 Å². The van der Waals surface area contributed by atoms with Crippen LogP contribution in [0.5, 0.6) is 0 Å². The zero-order valence-electron chi connectivity index (χ0n) is 18.8. The summed E-state index contributed by atoms with van der Waals surface area (Å²) < 4.78 is 10.6. The number of ether oxygens (including phenoxy) is 1. The Bertz CT molecular complexity index is 985. The molecule has 0 saturated heterocycles. The molecule has 176 valence electrons. The lowest BCUT2D eigenvalue weighted by atomic mass is 9.88. The van der Waals surface area contributed by atoms with Crippen molar-refractivity contribution in [2.75, 3.05) is 6.54 Å². The Morgan fingerprint density at radius 1 is 1.24 bits per heavy atom. The number of nitrogens with one attached hydrogen (secondary N) is 2. The molecule has 2 amide bonds. The molecular formula is C24H29N3O6. The van der Waals surface area contributed by atoms with Crippen molar-refractivity contribution in [1.29, 1.82) is 0 Å². The van der Waals surface area contributed by atoms with Crippen LogP contribution in [-0.2, 0) is 38.6 Å². The van der Waals surface area contributed by atoms with E-state index in [9.17, 15) is 19.2 Å². The molecule has 1 aliphatic heterocycles. The van der Waals surface area contributed by atoms with Crippen LogP contribution in [0.3, 0.4) is 0 Å². The molecule has 2 N–H and O–H groups in total. The number of hydrogen-bond acceptors (Lipinski definition) is 7. The number of rotatable bonds is 8. The zero-order chi connectivity index (χ0) is 23.8. The van der Waals surface area contributed by atoms with Gasteiger partial charge in [0, 0.05) is 31.7 Å². The van der Waals surface area contributed by atoms with Crippen LogP contribution in [0.1, 0.15) is 43.8 Å². The lowest BCUT2D eigenvalue weighted by molar-refractivity contribution is -0.141. The number of Topliss-reactive ketones (excluding diaryl/α,β-unsaturated/α-hetero) is 2. The van der Waals surface area contributed by atoms with Crippen molar-refractivity contribution in [3.8, 4) is 0 Å². The maximum absolute atomic E-state index is 13.1. The van der Waals surface area contributed by atoms with E-state index in [1.54, 1.807) is 0 Å². The Labute approximate surface area is 192 Å². The molecule has 2 bridgehead atoms. The van der Waals surface area contributed by atoms with Crippen LogP contribution in [0.2, 0.25) is 0 Å². The third kappa shape index (κ3) is 7.27. The zero-order valence-corrected chi connectivity index (χ0v) is 18.8. The standard InChI is InChI=1S/C24H29N3O6/c1-15(2)10-19(27-24(31)33-13-16-6-4-3-5-7-16)20(28)12-17-11-18-14-32-21(26-18)8-9-25-23(30)22(17)29/h3-7,14-15,17,19H,8-13H2,1-2H3,(H,25,30)(H,27,31). The van der Waals surface area contributed by atoms with E-state index in [2.05, 4.69) is 15.6 Å². The Kier molecular flexibility index (Phi) is 8.34. The van der Waals surface area contributed by atoms with E-state index in [0.717, 1.165) is 5.56 Å². The van der Waals surface area contributed by atoms with Crippen LogP contribution in [-0.4, -0.2) is 41.1 Å². The summed E-state index contributed by atoms with van der Waals surface area (Å²) in [6, 6.07) is 8.36. The molecule has 1 aromatic heterocycles. The Morgan fingerprint density at radius 2 is 2.00 bits per heavy atom. The first-order valence-electron chi connectivity index (χ1n) is 11.1. The van der Waals surface area contributed by atoms with Crippen molar-refractivity contribution in [2.45, 2.75) is 52.2 Å². The lowest BCUT2D eigenvalue weighted by Crippen LogP contribution is -2.44. The molecule has 2 heterocycles. The number of aromatic nitrogens is 1. The second kappa shape index (κ2) is 11.4. The molecular weight excluding hydrogens is 426 g/mol. The van der Waals surface area contributed by atoms with E-state index in [1.165, 1.54) is 6.26 Å². The van der Waals surface area contributed by atoms with Gasteiger partial charge in [0.05, 0.1) is 11.7 Å². The van der Waals surface area contributed by atoms with Gasteiger partial charge in [-0.1, -0.05) is 44.2 Å². The Balaban J connectivity index is 1.67. The number of benzene rings is 1. The van der Waals surface area contributed by atoms with Crippen molar-refractivity contribution in [2.24, 2.45) is 11.8 Å². The first-order chi connectivity index (χ1) is 15.8. The van der Waals surface area contributed by atoms with Crippen molar-refractivity contribution >= 4 is 23.6 Å². The van der Waals surface area contributed by atoms with E-state index < -0.39 is 29.7 Å². The van der Waals surface area contributed by atoms with Crippen LogP contribution < -0.4 is 10.6 Å². The maximum atomic E-state index is 13.1. The predicted octanol–water partition coefficient (Wildman–Crippen LogP) is 2.38. The smallest absolute Gasteiger partial charge is 0.408 e. The average Bonchev–Trinajstić information content (AvgIpc) is 3.22. The fraction of sp³-hybridized carbons (Fsp3) is 0.458. The number of fused-ring (bicyclic) bond motifs is 2. The molecule has 9 heteroatoms. The Morgan fingerprint density at radius 3 is 2.73 bits per heavy atom. The molecule has 33 heavy (non-hydrogen) atoms. The second-order valence-corrected chi connectivity index (χ2v) is 8.56. The van der Waals surface area contributed by atoms with Crippen LogP contribution in [0.4, 0.5) is 4.79 Å². The minimum absolute atomic E-state index is 0.0744. The number of carbonyl (C=O) groups excluding carboxylic acids is 4. The fourth-order valence-corrected chi connectivity index (χ4v) is 3.66. The molecule has 2 aromatic rings. The van der Waals surface area contributed by atoms with Gasteiger partial charge in [-0.3, -0.25) is 14.4 Å². The van der Waals surface area contributed by atoms with E-state index in [1.807, 2.05) is 44.2 Å². The van der Waals surface area contributed by atoms with Crippen molar-refractivity contribution < 1.29 is 28.3 Å². The largest absolute Gasteiger partial charge is 0.449 e. The summed E-state index contributed by atoms with van der Waals surface area (Å²) >= 11 is 0. The highest BCUT2D eigenvalue weighted by molar-refractivity contribution is 6.37. The summed E-state index contributed by atoms with van der Waals surface area (Å²) in [4.78, 5) is 54.7. The third-order valence-corrected chi connectivity index (χ3v) is 5.32. The van der Waals surface area contributed by atoms with Gasteiger partial charge in [-0.25, -0.2) is 9.78 Å². The first kappa shape index (κ1) is 24.2. The van der Waals surface area contributed by atoms with Crippen LogP contribution in [0.25, 0.3) is 0 Å². The quantitative estimate of drug-likeness (QED) is 0.585. The van der Waals surface area contributed by atoms with Gasteiger partial charge in [0.1, 0.15) is 12.9 Å². The molecule has 0 spiro atoms. The van der Waals surface area contributed by atoms with Gasteiger partial charge in [-0.15, -0.1) is 0 Å². The minimum Gasteiger partial charge on any atom is -0.449 e. The molecule has 1 aliphatic rings. The second-order valence-electron chi connectivity index (χ2n) is 8.56. The molecule has 3 rings (SSSR count). The summed E-state index contributed by atoms with van der Waals surface area (Å²) in [6.45, 7) is 4.15. The van der Waals surface area contributed by atoms with Crippen LogP contribution in [0.15, 0.2) is 41.0 Å². The summed E-state index contributed by atoms with van der Waals surface area (Å²) in [5, 5.41) is 5.17. The van der Waals surface area contributed by atoms with Crippen molar-refractivity contribution in [1.82, 2.24) is 15.6 Å². The summed E-state index contributed by atoms with van der Waals surface area (Å²) in [5.74, 6) is -2.08. The molecule has 2 atom stereocenters. The molecule has 0 fully saturated rings. The van der Waals surface area contributed by atoms with Gasteiger partial charge in [-0.05, 0) is 17.9 Å². The van der Waals surface area contributed by atoms with E-state index in [0.29, 0.717) is 24.4 Å². The number of carbonyl (C=O) groups is 4. The average molecular weight is 456 g/mol. The molecule has 0 saturated carbocycles. The Hall–Kier alpha value is -3.49. The highest BCUT2D eigenvalue weighted by Gasteiger charge is 2.32. The highest BCUT2D eigenvalue weighted by Crippen LogP contribution is 2.19. The van der Waals surface area contributed by atoms with Gasteiger partial charge < -0.3 is 19.8 Å². The maximum Gasteiger partial charge on any atom is 0.408 e. The highest BCUT2D eigenvalue weighted by atomic mass is 16.5. The first-order valence-corrected chi connectivity index (χ1v) is 11.1. The topological polar surface area (TPSA) is 128 Å². The lowest BCUT2D eigenvalue weighted by Gasteiger charge is -2.22. The fourth-order valence-electron chi connectivity index (χ4n) is 3.66. The normalized spacial score (nSPS) is 17.2. The van der Waals surface area contributed by atoms with Gasteiger partial charge >= 0.3 is 6.09 Å². The molecule has 0 aliphatic carbocycles. The van der Waals surface area contributed by atoms with Gasteiger partial charge in [-0.2, -0.15) is 0 Å². The van der Waals surface area contributed by atoms with Gasteiger partial charge in [0.25, 0.3) is 5.91 Å². The number of hydrogen-bond donors (Lipinski definition) is 2. The number of amides is 2. The molecule has 2 unspecified atom stereocenters. The minimum atomic E-state index is -0.898. The van der Waals surface area contributed by atoms with Crippen molar-refractivity contribution in [3.63, 3.8) is 0 Å². The number of alkyl carbamates (subject to hydrolysis) is 1. The van der Waals surface area contributed by atoms with E-state index in [-0.39, 0.29) is 37.7 Å². The number of oxazole rings is 1. The monoisotopic (exact) mass is 455 g/mol. The number of nitrogens with zero attached hydrogens (tertiary/aromatic N) is 1. The van der Waals surface area contributed by atoms with Gasteiger partial charge in [0.15, 0.2) is 11.7 Å². The molecule has 0 radical (unpaired) electrons. The number of ketones is 2. The van der Waals surface area contributed by atoms with Crippen molar-refractivity contribution in [3.05, 3.63) is 53.7 Å². The van der Waals surface area contributed by atoms with Crippen LogP contribution >= 0.6 is 0 Å². The molecule has 9 nitrogen and oxygen atoms in total. The summed E-state index contributed by atoms with van der Waals surface area (Å²) in [5.41, 5.74) is 1.34. The molecule has 1 aromatic carbocycles. The SMILES string of the molecule is CC(C)CC(NC(=O)OCc1ccccc1)C(=O)CC1Cc2coc(n2)CCNC(=O)C1=O. The predicted molar refractivity (Wildman–Crippen MR) is 118 cm³/mol. The van der Waals surface area contributed by atoms with E-state index in [4.69, 9.17) is 9.15 Å². The summed E-state index contributed by atoms with van der Waals surface area (Å²) in [7, 11) is 0. The van der Waals surface area contributed by atoms with Gasteiger partial charge in [0.2, 0.25) is 5.78 Å². The van der Waals surface area contributed by atoms with Crippen LogP contribution in [0, 0.1) is 11.8 Å². The summed E-state index contributed by atoms with van der Waals surface area (Å²) in [6.07, 6.45) is 1.39. The third-order valence-electron chi connectivity index (χ3n) is 5.32.